The fourth-order valence-corrected chi connectivity index (χ4v) is 3.70. The van der Waals surface area contributed by atoms with E-state index in [2.05, 4.69) is 32.5 Å². The number of aryl methyl sites for hydroxylation is 4. The Bertz CT molecular complexity index is 913. The molecule has 1 N–H and O–H groups in total. The SMILES string of the molecule is CCCc1nnc(NC(=O)CCc2c(C)nc3cc(C)nn3c2C)s1. The summed E-state index contributed by atoms with van der Waals surface area (Å²) in [7, 11) is 0. The number of nitrogens with zero attached hydrogens (tertiary/aromatic N) is 5. The van der Waals surface area contributed by atoms with E-state index in [9.17, 15) is 4.79 Å². The zero-order chi connectivity index (χ0) is 18.0. The van der Waals surface area contributed by atoms with Gasteiger partial charge in [-0.15, -0.1) is 10.2 Å². The summed E-state index contributed by atoms with van der Waals surface area (Å²) in [6.07, 6.45) is 2.90. The highest BCUT2D eigenvalue weighted by Gasteiger charge is 2.14. The lowest BCUT2D eigenvalue weighted by Crippen LogP contribution is -2.14. The predicted molar refractivity (Wildman–Crippen MR) is 98.1 cm³/mol. The Morgan fingerprint density at radius 3 is 2.80 bits per heavy atom. The van der Waals surface area contributed by atoms with Gasteiger partial charge in [0.1, 0.15) is 5.01 Å². The van der Waals surface area contributed by atoms with E-state index in [0.717, 1.165) is 46.1 Å². The van der Waals surface area contributed by atoms with E-state index in [-0.39, 0.29) is 5.91 Å². The molecule has 0 saturated carbocycles. The Labute approximate surface area is 150 Å². The normalized spacial score (nSPS) is 11.2. The molecule has 0 spiro atoms. The van der Waals surface area contributed by atoms with Crippen molar-refractivity contribution in [3.63, 3.8) is 0 Å². The van der Waals surface area contributed by atoms with Gasteiger partial charge in [-0.05, 0) is 39.2 Å². The Balaban J connectivity index is 1.68. The van der Waals surface area contributed by atoms with Gasteiger partial charge in [0.25, 0.3) is 0 Å². The molecule has 25 heavy (non-hydrogen) atoms. The second-order valence-electron chi connectivity index (χ2n) is 6.12. The molecule has 132 valence electrons. The molecule has 0 radical (unpaired) electrons. The lowest BCUT2D eigenvalue weighted by Gasteiger charge is -2.10. The van der Waals surface area contributed by atoms with Crippen LogP contribution in [0, 0.1) is 20.8 Å². The minimum atomic E-state index is -0.0604. The van der Waals surface area contributed by atoms with Crippen LogP contribution in [0.4, 0.5) is 5.13 Å². The van der Waals surface area contributed by atoms with Crippen molar-refractivity contribution in [2.24, 2.45) is 0 Å². The van der Waals surface area contributed by atoms with Gasteiger partial charge >= 0.3 is 0 Å². The van der Waals surface area contributed by atoms with E-state index in [1.165, 1.54) is 11.3 Å². The second kappa shape index (κ2) is 7.26. The molecule has 1 amide bonds. The third-order valence-corrected chi connectivity index (χ3v) is 4.96. The number of carbonyl (C=O) groups is 1. The van der Waals surface area contributed by atoms with Crippen molar-refractivity contribution in [1.29, 1.82) is 0 Å². The van der Waals surface area contributed by atoms with Crippen LogP contribution in [-0.2, 0) is 17.6 Å². The van der Waals surface area contributed by atoms with Gasteiger partial charge in [0.2, 0.25) is 11.0 Å². The number of hydrogen-bond acceptors (Lipinski definition) is 6. The topological polar surface area (TPSA) is 85.1 Å². The third kappa shape index (κ3) is 3.84. The van der Waals surface area contributed by atoms with E-state index < -0.39 is 0 Å². The van der Waals surface area contributed by atoms with E-state index in [4.69, 9.17) is 0 Å². The Morgan fingerprint density at radius 1 is 1.24 bits per heavy atom. The summed E-state index contributed by atoms with van der Waals surface area (Å²) in [5.41, 5.74) is 4.82. The van der Waals surface area contributed by atoms with Crippen molar-refractivity contribution in [2.45, 2.75) is 53.4 Å². The van der Waals surface area contributed by atoms with Crippen LogP contribution < -0.4 is 5.32 Å². The van der Waals surface area contributed by atoms with Crippen LogP contribution in [0.3, 0.4) is 0 Å². The maximum absolute atomic E-state index is 12.2. The molecule has 0 unspecified atom stereocenters. The first-order chi connectivity index (χ1) is 12.0. The fourth-order valence-electron chi connectivity index (χ4n) is 2.84. The van der Waals surface area contributed by atoms with Crippen molar-refractivity contribution in [3.05, 3.63) is 33.7 Å². The minimum absolute atomic E-state index is 0.0604. The third-order valence-electron chi connectivity index (χ3n) is 4.07. The average Bonchev–Trinajstić information content (AvgIpc) is 3.13. The zero-order valence-corrected chi connectivity index (χ0v) is 15.8. The minimum Gasteiger partial charge on any atom is -0.301 e. The summed E-state index contributed by atoms with van der Waals surface area (Å²) in [6.45, 7) is 8.04. The van der Waals surface area contributed by atoms with Gasteiger partial charge in [0.15, 0.2) is 5.65 Å². The molecule has 0 aliphatic carbocycles. The highest BCUT2D eigenvalue weighted by Crippen LogP contribution is 2.19. The average molecular weight is 358 g/mol. The highest BCUT2D eigenvalue weighted by atomic mass is 32.1. The first-order valence-corrected chi connectivity index (χ1v) is 9.24. The van der Waals surface area contributed by atoms with Crippen LogP contribution in [-0.4, -0.2) is 30.7 Å². The van der Waals surface area contributed by atoms with Crippen molar-refractivity contribution in [2.75, 3.05) is 5.32 Å². The van der Waals surface area contributed by atoms with Crippen molar-refractivity contribution < 1.29 is 4.79 Å². The number of fused-ring (bicyclic) bond motifs is 1. The molecule has 0 atom stereocenters. The number of rotatable bonds is 6. The maximum atomic E-state index is 12.2. The van der Waals surface area contributed by atoms with Crippen LogP contribution in [0.1, 0.15) is 47.4 Å². The molecule has 3 heterocycles. The van der Waals surface area contributed by atoms with E-state index in [1.807, 2.05) is 31.4 Å². The van der Waals surface area contributed by atoms with E-state index in [0.29, 0.717) is 18.0 Å². The zero-order valence-electron chi connectivity index (χ0n) is 15.0. The van der Waals surface area contributed by atoms with Crippen LogP contribution in [0.15, 0.2) is 6.07 Å². The molecule has 0 aliphatic rings. The molecule has 8 heteroatoms. The fraction of sp³-hybridized carbons (Fsp3) is 0.471. The summed E-state index contributed by atoms with van der Waals surface area (Å²) >= 11 is 1.44. The van der Waals surface area contributed by atoms with Gasteiger partial charge in [0.05, 0.1) is 5.69 Å². The summed E-state index contributed by atoms with van der Waals surface area (Å²) in [6, 6.07) is 1.96. The van der Waals surface area contributed by atoms with Crippen molar-refractivity contribution in [1.82, 2.24) is 24.8 Å². The predicted octanol–water partition coefficient (Wildman–Crippen LogP) is 3.03. The van der Waals surface area contributed by atoms with Crippen molar-refractivity contribution >= 4 is 28.0 Å². The number of anilines is 1. The summed E-state index contributed by atoms with van der Waals surface area (Å²) in [5, 5.41) is 16.9. The highest BCUT2D eigenvalue weighted by molar-refractivity contribution is 7.15. The molecule has 0 aromatic carbocycles. The number of hydrogen-bond donors (Lipinski definition) is 1. The summed E-state index contributed by atoms with van der Waals surface area (Å²) in [4.78, 5) is 16.8. The van der Waals surface area contributed by atoms with Crippen molar-refractivity contribution in [3.8, 4) is 0 Å². The monoisotopic (exact) mass is 358 g/mol. The Morgan fingerprint density at radius 2 is 2.04 bits per heavy atom. The largest absolute Gasteiger partial charge is 0.301 e. The molecule has 0 fully saturated rings. The number of aromatic nitrogens is 5. The maximum Gasteiger partial charge on any atom is 0.226 e. The summed E-state index contributed by atoms with van der Waals surface area (Å²) < 4.78 is 1.84. The second-order valence-corrected chi connectivity index (χ2v) is 7.18. The lowest BCUT2D eigenvalue weighted by atomic mass is 10.1. The molecular weight excluding hydrogens is 336 g/mol. The molecule has 3 rings (SSSR count). The first-order valence-electron chi connectivity index (χ1n) is 8.42. The van der Waals surface area contributed by atoms with Gasteiger partial charge in [0, 0.05) is 30.3 Å². The van der Waals surface area contributed by atoms with Gasteiger partial charge in [-0.3, -0.25) is 4.79 Å². The molecule has 0 aliphatic heterocycles. The van der Waals surface area contributed by atoms with E-state index >= 15 is 0 Å². The molecule has 0 bridgehead atoms. The molecule has 0 saturated heterocycles. The van der Waals surface area contributed by atoms with Crippen LogP contribution in [0.5, 0.6) is 0 Å². The lowest BCUT2D eigenvalue weighted by molar-refractivity contribution is -0.116. The number of amides is 1. The van der Waals surface area contributed by atoms with Gasteiger partial charge in [-0.1, -0.05) is 18.3 Å². The Kier molecular flexibility index (Phi) is 5.08. The summed E-state index contributed by atoms with van der Waals surface area (Å²) in [5.74, 6) is -0.0604. The number of carbonyl (C=O) groups excluding carboxylic acids is 1. The molecule has 3 aromatic heterocycles. The van der Waals surface area contributed by atoms with Gasteiger partial charge < -0.3 is 5.32 Å². The van der Waals surface area contributed by atoms with Gasteiger partial charge in [-0.2, -0.15) is 5.10 Å². The van der Waals surface area contributed by atoms with Crippen LogP contribution in [0.25, 0.3) is 5.65 Å². The Hall–Kier alpha value is -2.35. The standard InChI is InChI=1S/C17H22N6OS/c1-5-6-16-20-21-17(25-16)19-15(24)8-7-13-11(3)18-14-9-10(2)22-23(14)12(13)4/h9H,5-8H2,1-4H3,(H,19,21,24). The van der Waals surface area contributed by atoms with Crippen LogP contribution in [0.2, 0.25) is 0 Å². The number of nitrogens with one attached hydrogen (secondary N) is 1. The molecule has 7 nitrogen and oxygen atoms in total. The first kappa shape index (κ1) is 17.5. The molecule has 3 aromatic rings. The van der Waals surface area contributed by atoms with Gasteiger partial charge in [-0.25, -0.2) is 9.50 Å². The van der Waals surface area contributed by atoms with Crippen LogP contribution >= 0.6 is 11.3 Å². The molecular formula is C17H22N6OS. The quantitative estimate of drug-likeness (QED) is 0.732. The van der Waals surface area contributed by atoms with E-state index in [1.54, 1.807) is 0 Å². The smallest absolute Gasteiger partial charge is 0.226 e.